The number of hydrogen-bond acceptors (Lipinski definition) is 5. The molecule has 7 nitrogen and oxygen atoms in total. The second-order valence-electron chi connectivity index (χ2n) is 7.62. The van der Waals surface area contributed by atoms with Gasteiger partial charge < -0.3 is 5.32 Å². The molecule has 4 aliphatic rings. The van der Waals surface area contributed by atoms with Crippen LogP contribution in [0.3, 0.4) is 0 Å². The third-order valence-electron chi connectivity index (χ3n) is 5.88. The number of hydrogen-bond donors (Lipinski definition) is 1. The van der Waals surface area contributed by atoms with E-state index in [9.17, 15) is 4.79 Å². The number of pyridine rings is 1. The normalized spacial score (nSPS) is 19.5. The quantitative estimate of drug-likeness (QED) is 0.770. The molecule has 1 N–H and O–H groups in total. The van der Waals surface area contributed by atoms with E-state index in [-0.39, 0.29) is 11.7 Å². The highest BCUT2D eigenvalue weighted by Crippen LogP contribution is 2.37. The standard InChI is InChI=1S/C20H24N6O/c1-2-25-19-16(23-17(24-19)14-5-3-4-6-14)18-22-15(12-26(18)20(25)27)11-13-7-9-21-10-8-13/h7-10,14-15,22H,2-6,11-12H2,1H3. The van der Waals surface area contributed by atoms with Gasteiger partial charge in [-0.3, -0.25) is 14.1 Å². The molecule has 3 aliphatic heterocycles. The zero-order valence-corrected chi connectivity index (χ0v) is 15.6. The van der Waals surface area contributed by atoms with Crippen LogP contribution in [0, 0.1) is 0 Å². The van der Waals surface area contributed by atoms with Gasteiger partial charge in [0.25, 0.3) is 0 Å². The number of rotatable bonds is 4. The van der Waals surface area contributed by atoms with E-state index >= 15 is 0 Å². The van der Waals surface area contributed by atoms with E-state index in [1.165, 1.54) is 18.4 Å². The van der Waals surface area contributed by atoms with Crippen LogP contribution in [0.5, 0.6) is 0 Å². The topological polar surface area (TPSA) is 77.6 Å². The van der Waals surface area contributed by atoms with Gasteiger partial charge in [-0.05, 0) is 43.9 Å². The Balaban J connectivity index is 1.55. The van der Waals surface area contributed by atoms with Crippen molar-refractivity contribution >= 4 is 5.82 Å². The highest BCUT2D eigenvalue weighted by Gasteiger charge is 2.33. The molecule has 1 aliphatic carbocycles. The fourth-order valence-electron chi connectivity index (χ4n) is 4.50. The molecule has 1 aromatic heterocycles. The average Bonchev–Trinajstić information content (AvgIpc) is 3.42. The van der Waals surface area contributed by atoms with Crippen LogP contribution in [-0.4, -0.2) is 30.1 Å². The summed E-state index contributed by atoms with van der Waals surface area (Å²) in [6.07, 6.45) is 9.26. The first-order valence-corrected chi connectivity index (χ1v) is 9.91. The van der Waals surface area contributed by atoms with Crippen molar-refractivity contribution in [1.82, 2.24) is 24.1 Å². The van der Waals surface area contributed by atoms with Gasteiger partial charge in [-0.2, -0.15) is 0 Å². The van der Waals surface area contributed by atoms with E-state index < -0.39 is 0 Å². The first-order valence-electron chi connectivity index (χ1n) is 9.91. The molecule has 1 unspecified atom stereocenters. The van der Waals surface area contributed by atoms with E-state index in [0.717, 1.165) is 42.4 Å². The molecule has 0 radical (unpaired) electrons. The lowest BCUT2D eigenvalue weighted by Crippen LogP contribution is -2.31. The Hall–Kier alpha value is -2.70. The third kappa shape index (κ3) is 2.72. The largest absolute Gasteiger partial charge is 0.365 e. The van der Waals surface area contributed by atoms with Crippen molar-refractivity contribution in [3.8, 4) is 11.5 Å². The van der Waals surface area contributed by atoms with Crippen molar-refractivity contribution in [3.63, 3.8) is 0 Å². The maximum absolute atomic E-state index is 13.0. The molecule has 1 fully saturated rings. The fraction of sp³-hybridized carbons (Fsp3) is 0.500. The van der Waals surface area contributed by atoms with E-state index in [4.69, 9.17) is 9.97 Å². The number of nitrogens with one attached hydrogen (secondary N) is 1. The third-order valence-corrected chi connectivity index (χ3v) is 5.88. The molecule has 27 heavy (non-hydrogen) atoms. The van der Waals surface area contributed by atoms with Crippen LogP contribution in [0.25, 0.3) is 11.5 Å². The summed E-state index contributed by atoms with van der Waals surface area (Å²) >= 11 is 0. The molecular weight excluding hydrogens is 340 g/mol. The Bertz CT molecular complexity index is 986. The first-order chi connectivity index (χ1) is 13.2. The Morgan fingerprint density at radius 3 is 2.70 bits per heavy atom. The maximum Gasteiger partial charge on any atom is 0.331 e. The van der Waals surface area contributed by atoms with Crippen molar-refractivity contribution in [2.45, 2.75) is 64.1 Å². The summed E-state index contributed by atoms with van der Waals surface area (Å²) in [5.74, 6) is 2.91. The van der Waals surface area contributed by atoms with Crippen LogP contribution < -0.4 is 11.0 Å². The van der Waals surface area contributed by atoms with Gasteiger partial charge in [-0.25, -0.2) is 14.8 Å². The lowest BCUT2D eigenvalue weighted by Gasteiger charge is -2.12. The predicted octanol–water partition coefficient (Wildman–Crippen LogP) is 2.65. The minimum atomic E-state index is 0.00241. The molecule has 0 amide bonds. The van der Waals surface area contributed by atoms with Crippen LogP contribution in [-0.2, 0) is 19.5 Å². The monoisotopic (exact) mass is 364 g/mol. The van der Waals surface area contributed by atoms with Gasteiger partial charge in [0, 0.05) is 37.4 Å². The summed E-state index contributed by atoms with van der Waals surface area (Å²) in [5.41, 5.74) is 2.06. The van der Waals surface area contributed by atoms with Crippen molar-refractivity contribution in [2.24, 2.45) is 0 Å². The van der Waals surface area contributed by atoms with Crippen molar-refractivity contribution in [2.75, 3.05) is 5.32 Å². The van der Waals surface area contributed by atoms with Crippen molar-refractivity contribution in [1.29, 1.82) is 0 Å². The van der Waals surface area contributed by atoms with E-state index in [0.29, 0.717) is 19.0 Å². The lowest BCUT2D eigenvalue weighted by molar-refractivity contribution is 0.578. The molecule has 4 heterocycles. The van der Waals surface area contributed by atoms with Gasteiger partial charge in [-0.15, -0.1) is 0 Å². The van der Waals surface area contributed by atoms with Crippen molar-refractivity contribution < 1.29 is 0 Å². The zero-order valence-electron chi connectivity index (χ0n) is 15.6. The second kappa shape index (κ2) is 6.48. The molecule has 140 valence electrons. The molecule has 1 atom stereocenters. The maximum atomic E-state index is 13.0. The molecule has 5 rings (SSSR count). The summed E-state index contributed by atoms with van der Waals surface area (Å²) in [7, 11) is 0. The summed E-state index contributed by atoms with van der Waals surface area (Å²) in [4.78, 5) is 26.8. The van der Waals surface area contributed by atoms with Crippen LogP contribution in [0.2, 0.25) is 0 Å². The Kier molecular flexibility index (Phi) is 3.95. The summed E-state index contributed by atoms with van der Waals surface area (Å²) in [5, 5.41) is 3.55. The summed E-state index contributed by atoms with van der Waals surface area (Å²) in [6, 6.07) is 4.22. The minimum absolute atomic E-state index is 0.00241. The second-order valence-corrected chi connectivity index (χ2v) is 7.62. The van der Waals surface area contributed by atoms with E-state index in [1.54, 1.807) is 4.57 Å². The lowest BCUT2D eigenvalue weighted by atomic mass is 10.1. The molecule has 0 aromatic carbocycles. The van der Waals surface area contributed by atoms with E-state index in [2.05, 4.69) is 10.3 Å². The number of fused-ring (bicyclic) bond motifs is 3. The Morgan fingerprint density at radius 2 is 1.96 bits per heavy atom. The van der Waals surface area contributed by atoms with Crippen LogP contribution in [0.4, 0.5) is 5.82 Å². The zero-order chi connectivity index (χ0) is 18.4. The minimum Gasteiger partial charge on any atom is -0.365 e. The average molecular weight is 364 g/mol. The number of aromatic nitrogens is 5. The fourth-order valence-corrected chi connectivity index (χ4v) is 4.50. The number of imidazole rings is 1. The van der Waals surface area contributed by atoms with Crippen LogP contribution >= 0.6 is 0 Å². The Morgan fingerprint density at radius 1 is 1.19 bits per heavy atom. The molecule has 7 heteroatoms. The Labute approximate surface area is 157 Å². The molecular formula is C20H24N6O. The number of nitrogens with zero attached hydrogens (tertiary/aromatic N) is 5. The molecule has 0 bridgehead atoms. The smallest absolute Gasteiger partial charge is 0.331 e. The first kappa shape index (κ1) is 16.5. The number of anilines is 1. The van der Waals surface area contributed by atoms with Gasteiger partial charge in [0.15, 0.2) is 5.82 Å². The van der Waals surface area contributed by atoms with Gasteiger partial charge >= 0.3 is 5.69 Å². The van der Waals surface area contributed by atoms with Crippen LogP contribution in [0.1, 0.15) is 49.9 Å². The van der Waals surface area contributed by atoms with Gasteiger partial charge in [0.2, 0.25) is 0 Å². The molecule has 0 spiro atoms. The van der Waals surface area contributed by atoms with Crippen LogP contribution in [0.15, 0.2) is 29.3 Å². The highest BCUT2D eigenvalue weighted by atomic mass is 16.1. The van der Waals surface area contributed by atoms with Gasteiger partial charge in [0.1, 0.15) is 17.3 Å². The van der Waals surface area contributed by atoms with Crippen molar-refractivity contribution in [3.05, 3.63) is 46.4 Å². The molecule has 1 aromatic rings. The van der Waals surface area contributed by atoms with Gasteiger partial charge in [-0.1, -0.05) is 12.8 Å². The summed E-state index contributed by atoms with van der Waals surface area (Å²) in [6.45, 7) is 3.25. The SMILES string of the molecule is CCn1c2nc(C3CCCC3)nc-2c2n(c1=O)CC(Cc1ccncc1)N2. The molecule has 0 saturated heterocycles. The van der Waals surface area contributed by atoms with Gasteiger partial charge in [0.05, 0.1) is 0 Å². The predicted molar refractivity (Wildman–Crippen MR) is 103 cm³/mol. The highest BCUT2D eigenvalue weighted by molar-refractivity contribution is 5.70. The molecule has 1 saturated carbocycles. The van der Waals surface area contributed by atoms with E-state index in [1.807, 2.05) is 36.0 Å². The summed E-state index contributed by atoms with van der Waals surface area (Å²) < 4.78 is 3.60.